The normalized spacial score (nSPS) is 10.0. The number of ether oxygens (including phenoxy) is 2. The van der Waals surface area contributed by atoms with E-state index in [1.54, 1.807) is 37.3 Å². The predicted octanol–water partition coefficient (Wildman–Crippen LogP) is 3.79. The van der Waals surface area contributed by atoms with E-state index in [2.05, 4.69) is 0 Å². The third-order valence-corrected chi connectivity index (χ3v) is 2.41. The molecule has 3 nitrogen and oxygen atoms in total. The maximum atomic E-state index is 13.1. The summed E-state index contributed by atoms with van der Waals surface area (Å²) in [7, 11) is 0. The Morgan fingerprint density at radius 1 is 1.16 bits per heavy atom. The molecule has 0 unspecified atom stereocenters. The molecule has 0 bridgehead atoms. The van der Waals surface area contributed by atoms with Crippen LogP contribution in [0.15, 0.2) is 48.5 Å². The lowest BCUT2D eigenvalue weighted by Gasteiger charge is -2.10. The van der Waals surface area contributed by atoms with Crippen molar-refractivity contribution >= 4 is 5.97 Å². The summed E-state index contributed by atoms with van der Waals surface area (Å²) in [5, 5.41) is 0. The number of hydrogen-bond donors (Lipinski definition) is 0. The van der Waals surface area contributed by atoms with Crippen LogP contribution in [0.4, 0.5) is 4.39 Å². The van der Waals surface area contributed by atoms with Gasteiger partial charge in [-0.25, -0.2) is 9.18 Å². The molecule has 0 amide bonds. The van der Waals surface area contributed by atoms with Gasteiger partial charge in [0.1, 0.15) is 22.9 Å². The Labute approximate surface area is 110 Å². The summed E-state index contributed by atoms with van der Waals surface area (Å²) in [5.41, 5.74) is 0.314. The molecule has 0 atom stereocenters. The van der Waals surface area contributed by atoms with Crippen LogP contribution in [0.5, 0.6) is 11.5 Å². The van der Waals surface area contributed by atoms with E-state index in [9.17, 15) is 9.18 Å². The predicted molar refractivity (Wildman–Crippen MR) is 68.9 cm³/mol. The van der Waals surface area contributed by atoms with Crippen molar-refractivity contribution in [1.29, 1.82) is 0 Å². The van der Waals surface area contributed by atoms with Crippen molar-refractivity contribution in [2.45, 2.75) is 6.92 Å². The van der Waals surface area contributed by atoms with E-state index in [1.807, 2.05) is 0 Å². The summed E-state index contributed by atoms with van der Waals surface area (Å²) in [6, 6.07) is 12.4. The summed E-state index contributed by atoms with van der Waals surface area (Å²) < 4.78 is 23.5. The van der Waals surface area contributed by atoms with Gasteiger partial charge in [0.15, 0.2) is 0 Å². The van der Waals surface area contributed by atoms with Crippen LogP contribution < -0.4 is 4.74 Å². The molecule has 0 saturated heterocycles. The number of carbonyl (C=O) groups excluding carboxylic acids is 1. The zero-order valence-corrected chi connectivity index (χ0v) is 10.4. The number of rotatable bonds is 4. The molecular weight excluding hydrogens is 247 g/mol. The zero-order chi connectivity index (χ0) is 13.7. The number of halogens is 1. The topological polar surface area (TPSA) is 35.5 Å². The van der Waals surface area contributed by atoms with Gasteiger partial charge < -0.3 is 9.47 Å². The Morgan fingerprint density at radius 3 is 2.68 bits per heavy atom. The van der Waals surface area contributed by atoms with Gasteiger partial charge in [-0.1, -0.05) is 18.2 Å². The first-order valence-electron chi connectivity index (χ1n) is 5.90. The lowest BCUT2D eigenvalue weighted by Crippen LogP contribution is -2.06. The van der Waals surface area contributed by atoms with Crippen molar-refractivity contribution in [2.75, 3.05) is 6.61 Å². The number of hydrogen-bond acceptors (Lipinski definition) is 3. The summed E-state index contributed by atoms with van der Waals surface area (Å²) >= 11 is 0. The van der Waals surface area contributed by atoms with Crippen LogP contribution in [0.1, 0.15) is 17.3 Å². The van der Waals surface area contributed by atoms with Crippen molar-refractivity contribution in [2.24, 2.45) is 0 Å². The SMILES string of the molecule is CCOC(=O)c1ccccc1Oc1cccc(F)c1. The fraction of sp³-hybridized carbons (Fsp3) is 0.133. The highest BCUT2D eigenvalue weighted by Crippen LogP contribution is 2.26. The molecular formula is C15H13FO3. The van der Waals surface area contributed by atoms with E-state index in [-0.39, 0.29) is 6.61 Å². The van der Waals surface area contributed by atoms with Gasteiger partial charge in [-0.3, -0.25) is 0 Å². The van der Waals surface area contributed by atoms with Crippen LogP contribution in [0.25, 0.3) is 0 Å². The highest BCUT2D eigenvalue weighted by atomic mass is 19.1. The first-order chi connectivity index (χ1) is 9.20. The molecule has 0 fully saturated rings. The molecule has 2 aromatic carbocycles. The lowest BCUT2D eigenvalue weighted by molar-refractivity contribution is 0.0523. The third-order valence-electron chi connectivity index (χ3n) is 2.41. The van der Waals surface area contributed by atoms with Crippen molar-refractivity contribution in [3.05, 3.63) is 59.9 Å². The molecule has 0 saturated carbocycles. The first kappa shape index (κ1) is 13.1. The monoisotopic (exact) mass is 260 g/mol. The molecule has 2 rings (SSSR count). The molecule has 0 N–H and O–H groups in total. The molecule has 0 spiro atoms. The second-order valence-corrected chi connectivity index (χ2v) is 3.78. The van der Waals surface area contributed by atoms with E-state index in [1.165, 1.54) is 18.2 Å². The molecule has 0 radical (unpaired) electrons. The molecule has 4 heteroatoms. The van der Waals surface area contributed by atoms with Crippen LogP contribution in [0.2, 0.25) is 0 Å². The average Bonchev–Trinajstić information content (AvgIpc) is 2.39. The Morgan fingerprint density at radius 2 is 1.95 bits per heavy atom. The number of esters is 1. The molecule has 98 valence electrons. The van der Waals surface area contributed by atoms with Crippen molar-refractivity contribution in [3.63, 3.8) is 0 Å². The quantitative estimate of drug-likeness (QED) is 0.784. The van der Waals surface area contributed by atoms with Gasteiger partial charge in [-0.05, 0) is 31.2 Å². The molecule has 19 heavy (non-hydrogen) atoms. The van der Waals surface area contributed by atoms with Crippen molar-refractivity contribution in [1.82, 2.24) is 0 Å². The number of benzene rings is 2. The second kappa shape index (κ2) is 6.00. The summed E-state index contributed by atoms with van der Waals surface area (Å²) in [5.74, 6) is -0.191. The maximum Gasteiger partial charge on any atom is 0.341 e. The number of carbonyl (C=O) groups is 1. The fourth-order valence-corrected chi connectivity index (χ4v) is 1.59. The van der Waals surface area contributed by atoms with Gasteiger partial charge in [-0.2, -0.15) is 0 Å². The molecule has 0 aliphatic rings. The second-order valence-electron chi connectivity index (χ2n) is 3.78. The summed E-state index contributed by atoms with van der Waals surface area (Å²) in [6.45, 7) is 2.01. The van der Waals surface area contributed by atoms with E-state index in [0.717, 1.165) is 0 Å². The third kappa shape index (κ3) is 3.31. The molecule has 0 aliphatic carbocycles. The summed E-state index contributed by atoms with van der Waals surface area (Å²) in [4.78, 5) is 11.7. The van der Waals surface area contributed by atoms with E-state index < -0.39 is 11.8 Å². The van der Waals surface area contributed by atoms with Crippen LogP contribution in [-0.4, -0.2) is 12.6 Å². The Kier molecular flexibility index (Phi) is 4.13. The Hall–Kier alpha value is -2.36. The van der Waals surface area contributed by atoms with Crippen LogP contribution in [-0.2, 0) is 4.74 Å². The minimum absolute atomic E-state index is 0.285. The van der Waals surface area contributed by atoms with Gasteiger partial charge >= 0.3 is 5.97 Å². The van der Waals surface area contributed by atoms with Crippen LogP contribution in [0, 0.1) is 5.82 Å². The Bertz CT molecular complexity index is 581. The van der Waals surface area contributed by atoms with Crippen LogP contribution in [0.3, 0.4) is 0 Å². The highest BCUT2D eigenvalue weighted by Gasteiger charge is 2.13. The largest absolute Gasteiger partial charge is 0.462 e. The smallest absolute Gasteiger partial charge is 0.341 e. The molecule has 0 aliphatic heterocycles. The fourth-order valence-electron chi connectivity index (χ4n) is 1.59. The molecule has 2 aromatic rings. The maximum absolute atomic E-state index is 13.1. The van der Waals surface area contributed by atoms with E-state index in [0.29, 0.717) is 17.1 Å². The standard InChI is InChI=1S/C15H13FO3/c1-2-18-15(17)13-8-3-4-9-14(13)19-12-7-5-6-11(16)10-12/h3-10H,2H2,1H3. The molecule has 0 aromatic heterocycles. The average molecular weight is 260 g/mol. The highest BCUT2D eigenvalue weighted by molar-refractivity contribution is 5.92. The Balaban J connectivity index is 2.27. The van der Waals surface area contributed by atoms with E-state index in [4.69, 9.17) is 9.47 Å². The summed E-state index contributed by atoms with van der Waals surface area (Å²) in [6.07, 6.45) is 0. The van der Waals surface area contributed by atoms with Crippen LogP contribution >= 0.6 is 0 Å². The van der Waals surface area contributed by atoms with Gasteiger partial charge in [0.25, 0.3) is 0 Å². The van der Waals surface area contributed by atoms with Gasteiger partial charge in [0.05, 0.1) is 6.61 Å². The lowest BCUT2D eigenvalue weighted by atomic mass is 10.2. The van der Waals surface area contributed by atoms with Gasteiger partial charge in [0, 0.05) is 6.07 Å². The minimum Gasteiger partial charge on any atom is -0.462 e. The van der Waals surface area contributed by atoms with Crippen molar-refractivity contribution < 1.29 is 18.7 Å². The minimum atomic E-state index is -0.463. The van der Waals surface area contributed by atoms with Gasteiger partial charge in [-0.15, -0.1) is 0 Å². The van der Waals surface area contributed by atoms with E-state index >= 15 is 0 Å². The first-order valence-corrected chi connectivity index (χ1v) is 5.90. The molecule has 0 heterocycles. The van der Waals surface area contributed by atoms with Gasteiger partial charge in [0.2, 0.25) is 0 Å². The number of para-hydroxylation sites is 1. The van der Waals surface area contributed by atoms with Crippen molar-refractivity contribution in [3.8, 4) is 11.5 Å². The zero-order valence-electron chi connectivity index (χ0n) is 10.4.